The monoisotopic (exact) mass is 386 g/mol. The Morgan fingerprint density at radius 2 is 1.70 bits per heavy atom. The summed E-state index contributed by atoms with van der Waals surface area (Å²) in [6.45, 7) is 3.32. The van der Waals surface area contributed by atoms with Gasteiger partial charge >= 0.3 is 0 Å². The fraction of sp³-hybridized carbons (Fsp3) is 0.167. The molecule has 0 unspecified atom stereocenters. The highest BCUT2D eigenvalue weighted by Crippen LogP contribution is 2.30. The molecule has 0 aliphatic heterocycles. The van der Waals surface area contributed by atoms with Gasteiger partial charge in [-0.1, -0.05) is 24.3 Å². The maximum Gasteiger partial charge on any atom is 0.277 e. The molecule has 0 bridgehead atoms. The Balaban J connectivity index is 1.92. The summed E-state index contributed by atoms with van der Waals surface area (Å²) >= 11 is 0. The number of hydrogen-bond acceptors (Lipinski definition) is 5. The van der Waals surface area contributed by atoms with Crippen molar-refractivity contribution in [3.8, 4) is 11.1 Å². The highest BCUT2D eigenvalue weighted by molar-refractivity contribution is 7.92. The van der Waals surface area contributed by atoms with Gasteiger partial charge in [0, 0.05) is 18.8 Å². The summed E-state index contributed by atoms with van der Waals surface area (Å²) in [6.07, 6.45) is 0. The van der Waals surface area contributed by atoms with Gasteiger partial charge in [-0.25, -0.2) is 8.42 Å². The lowest BCUT2D eigenvalue weighted by atomic mass is 10.0. The number of hydrogen-bond donors (Lipinski definition) is 1. The maximum absolute atomic E-state index is 12.7. The molecule has 1 heterocycles. The van der Waals surface area contributed by atoms with Crippen LogP contribution >= 0.6 is 0 Å². The molecule has 0 aliphatic carbocycles. The van der Waals surface area contributed by atoms with Crippen LogP contribution in [0.3, 0.4) is 0 Å². The SMILES string of the molecule is Cc1nn(C)c(C)c1S(=O)(=O)Nc1ccc(-c2ccccc2[N+](=O)[O-])cc1. The molecule has 0 spiro atoms. The largest absolute Gasteiger partial charge is 0.280 e. The van der Waals surface area contributed by atoms with Crippen LogP contribution in [0.1, 0.15) is 11.4 Å². The first-order chi connectivity index (χ1) is 12.7. The third-order valence-corrected chi connectivity index (χ3v) is 5.89. The van der Waals surface area contributed by atoms with Gasteiger partial charge in [0.25, 0.3) is 15.7 Å². The molecule has 9 heteroatoms. The Morgan fingerprint density at radius 1 is 1.07 bits per heavy atom. The normalized spacial score (nSPS) is 11.4. The van der Waals surface area contributed by atoms with Crippen LogP contribution < -0.4 is 4.72 Å². The second kappa shape index (κ2) is 6.84. The van der Waals surface area contributed by atoms with Crippen LogP contribution in [0.25, 0.3) is 11.1 Å². The Hall–Kier alpha value is -3.20. The van der Waals surface area contributed by atoms with Gasteiger partial charge in [-0.05, 0) is 37.6 Å². The molecular formula is C18H18N4O4S. The van der Waals surface area contributed by atoms with E-state index in [9.17, 15) is 18.5 Å². The summed E-state index contributed by atoms with van der Waals surface area (Å²) in [5.74, 6) is 0. The molecule has 2 aromatic carbocycles. The molecule has 0 fully saturated rings. The summed E-state index contributed by atoms with van der Waals surface area (Å²) in [6, 6.07) is 12.8. The summed E-state index contributed by atoms with van der Waals surface area (Å²) in [7, 11) is -2.11. The van der Waals surface area contributed by atoms with E-state index in [2.05, 4.69) is 9.82 Å². The topological polar surface area (TPSA) is 107 Å². The quantitative estimate of drug-likeness (QED) is 0.534. The predicted molar refractivity (Wildman–Crippen MR) is 102 cm³/mol. The molecule has 3 rings (SSSR count). The van der Waals surface area contributed by atoms with Crippen molar-refractivity contribution >= 4 is 21.4 Å². The van der Waals surface area contributed by atoms with Crippen LogP contribution in [0.5, 0.6) is 0 Å². The van der Waals surface area contributed by atoms with Crippen molar-refractivity contribution in [3.05, 3.63) is 70.0 Å². The lowest BCUT2D eigenvalue weighted by molar-refractivity contribution is -0.384. The summed E-state index contributed by atoms with van der Waals surface area (Å²) < 4.78 is 29.4. The van der Waals surface area contributed by atoms with Gasteiger partial charge in [-0.15, -0.1) is 0 Å². The van der Waals surface area contributed by atoms with Crippen molar-refractivity contribution in [2.75, 3.05) is 4.72 Å². The molecule has 3 aromatic rings. The molecule has 27 heavy (non-hydrogen) atoms. The molecular weight excluding hydrogens is 368 g/mol. The number of aromatic nitrogens is 2. The van der Waals surface area contributed by atoms with Crippen LogP contribution in [0.15, 0.2) is 53.4 Å². The lowest BCUT2D eigenvalue weighted by Crippen LogP contribution is -2.14. The van der Waals surface area contributed by atoms with Gasteiger partial charge in [0.05, 0.1) is 21.9 Å². The second-order valence-corrected chi connectivity index (χ2v) is 7.70. The van der Waals surface area contributed by atoms with E-state index in [1.165, 1.54) is 10.7 Å². The van der Waals surface area contributed by atoms with Crippen LogP contribution in [0.4, 0.5) is 11.4 Å². The smallest absolute Gasteiger partial charge is 0.277 e. The Morgan fingerprint density at radius 3 is 2.26 bits per heavy atom. The first kappa shape index (κ1) is 18.6. The third kappa shape index (κ3) is 3.54. The molecule has 0 atom stereocenters. The van der Waals surface area contributed by atoms with Gasteiger partial charge in [0.15, 0.2) is 0 Å². The third-order valence-electron chi connectivity index (χ3n) is 4.26. The van der Waals surface area contributed by atoms with Gasteiger partial charge in [0.2, 0.25) is 0 Å². The minimum absolute atomic E-state index is 0.00700. The fourth-order valence-corrected chi connectivity index (χ4v) is 4.44. The predicted octanol–water partition coefficient (Wildman–Crippen LogP) is 3.41. The molecule has 0 radical (unpaired) electrons. The van der Waals surface area contributed by atoms with Gasteiger partial charge in [0.1, 0.15) is 4.90 Å². The molecule has 0 amide bonds. The molecule has 8 nitrogen and oxygen atoms in total. The Kier molecular flexibility index (Phi) is 4.71. The first-order valence-electron chi connectivity index (χ1n) is 8.07. The standard InChI is InChI=1S/C18H18N4O4S/c1-12-18(13(2)21(3)19-12)27(25,26)20-15-10-8-14(9-11-15)16-6-4-5-7-17(16)22(23)24/h4-11,20H,1-3H3. The number of para-hydroxylation sites is 1. The average Bonchev–Trinajstić information content (AvgIpc) is 2.88. The van der Waals surface area contributed by atoms with Crippen LogP contribution in [0, 0.1) is 24.0 Å². The number of anilines is 1. The molecule has 0 saturated carbocycles. The van der Waals surface area contributed by atoms with E-state index in [1.54, 1.807) is 63.4 Å². The minimum Gasteiger partial charge on any atom is -0.280 e. The van der Waals surface area contributed by atoms with E-state index >= 15 is 0 Å². The van der Waals surface area contributed by atoms with E-state index in [-0.39, 0.29) is 10.6 Å². The van der Waals surface area contributed by atoms with Crippen molar-refractivity contribution in [3.63, 3.8) is 0 Å². The van der Waals surface area contributed by atoms with Gasteiger partial charge in [-0.2, -0.15) is 5.10 Å². The van der Waals surface area contributed by atoms with Gasteiger partial charge in [-0.3, -0.25) is 19.5 Å². The number of benzene rings is 2. The second-order valence-electron chi connectivity index (χ2n) is 6.08. The van der Waals surface area contributed by atoms with Crippen LogP contribution in [0.2, 0.25) is 0 Å². The Bertz CT molecular complexity index is 1120. The molecule has 140 valence electrons. The van der Waals surface area contributed by atoms with Crippen LogP contribution in [-0.4, -0.2) is 23.1 Å². The zero-order chi connectivity index (χ0) is 19.8. The average molecular weight is 386 g/mol. The van der Waals surface area contributed by atoms with Crippen molar-refractivity contribution < 1.29 is 13.3 Å². The minimum atomic E-state index is -3.79. The number of nitro groups is 1. The lowest BCUT2D eigenvalue weighted by Gasteiger charge is -2.09. The number of aryl methyl sites for hydroxylation is 2. The number of nitro benzene ring substituents is 1. The van der Waals surface area contributed by atoms with Gasteiger partial charge < -0.3 is 0 Å². The number of rotatable bonds is 5. The number of nitrogens with zero attached hydrogens (tertiary/aromatic N) is 3. The molecule has 0 aliphatic rings. The van der Waals surface area contributed by atoms with Crippen molar-refractivity contribution in [2.45, 2.75) is 18.7 Å². The molecule has 1 N–H and O–H groups in total. The van der Waals surface area contributed by atoms with E-state index in [4.69, 9.17) is 0 Å². The highest BCUT2D eigenvalue weighted by Gasteiger charge is 2.24. The van der Waals surface area contributed by atoms with E-state index < -0.39 is 14.9 Å². The number of sulfonamides is 1. The summed E-state index contributed by atoms with van der Waals surface area (Å²) in [5.41, 5.74) is 2.40. The Labute approximate surface area is 156 Å². The summed E-state index contributed by atoms with van der Waals surface area (Å²) in [4.78, 5) is 10.9. The van der Waals surface area contributed by atoms with E-state index in [0.29, 0.717) is 28.2 Å². The van der Waals surface area contributed by atoms with E-state index in [0.717, 1.165) is 0 Å². The molecule has 1 aromatic heterocycles. The number of nitrogens with one attached hydrogen (secondary N) is 1. The maximum atomic E-state index is 12.7. The van der Waals surface area contributed by atoms with Crippen LogP contribution in [-0.2, 0) is 17.1 Å². The van der Waals surface area contributed by atoms with E-state index in [1.807, 2.05) is 0 Å². The summed E-state index contributed by atoms with van der Waals surface area (Å²) in [5, 5.41) is 15.3. The zero-order valence-corrected chi connectivity index (χ0v) is 15.8. The van der Waals surface area contributed by atoms with Crippen molar-refractivity contribution in [1.82, 2.24) is 9.78 Å². The highest BCUT2D eigenvalue weighted by atomic mass is 32.2. The van der Waals surface area contributed by atoms with Crippen molar-refractivity contribution in [1.29, 1.82) is 0 Å². The molecule has 0 saturated heterocycles. The first-order valence-corrected chi connectivity index (χ1v) is 9.56. The fourth-order valence-electron chi connectivity index (χ4n) is 2.94. The zero-order valence-electron chi connectivity index (χ0n) is 15.0. The van der Waals surface area contributed by atoms with Crippen molar-refractivity contribution in [2.24, 2.45) is 7.05 Å².